The number of benzene rings is 3. The van der Waals surface area contributed by atoms with Crippen LogP contribution in [0.1, 0.15) is 67.8 Å². The van der Waals surface area contributed by atoms with Crippen molar-refractivity contribution in [2.75, 3.05) is 11.9 Å². The highest BCUT2D eigenvalue weighted by atomic mass is 16.2. The average molecular weight is 428 g/mol. The number of para-hydroxylation sites is 1. The standard InChI is InChI=1S/C28H33N3O/c1-20(2)24-16-11-17-25(21(3)4)27(24)31-28(32)30-19-26(23-14-9-6-10-15-23)29-18-22-12-7-5-8-13-22/h5-18,20-21,26H,19H2,1-4H3,(H2,30,31,32)/t26-/m1/s1. The summed E-state index contributed by atoms with van der Waals surface area (Å²) < 4.78 is 0. The Labute approximate surface area is 191 Å². The molecule has 2 amide bonds. The molecule has 4 nitrogen and oxygen atoms in total. The van der Waals surface area contributed by atoms with E-state index in [1.54, 1.807) is 0 Å². The summed E-state index contributed by atoms with van der Waals surface area (Å²) >= 11 is 0. The van der Waals surface area contributed by atoms with Gasteiger partial charge in [-0.15, -0.1) is 0 Å². The molecule has 0 saturated carbocycles. The third-order valence-electron chi connectivity index (χ3n) is 5.45. The van der Waals surface area contributed by atoms with E-state index in [9.17, 15) is 4.79 Å². The summed E-state index contributed by atoms with van der Waals surface area (Å²) in [5.41, 5.74) is 5.30. The van der Waals surface area contributed by atoms with Crippen molar-refractivity contribution in [3.05, 3.63) is 101 Å². The normalized spacial score (nSPS) is 12.3. The molecule has 1 atom stereocenters. The molecule has 0 aliphatic heterocycles. The molecule has 0 aliphatic rings. The first-order valence-electron chi connectivity index (χ1n) is 11.3. The minimum Gasteiger partial charge on any atom is -0.335 e. The molecule has 0 fully saturated rings. The molecule has 3 aromatic carbocycles. The SMILES string of the molecule is CC(C)c1cccc(C(C)C)c1NC(=O)NC[C@@H](N=Cc1ccccc1)c1ccccc1. The fourth-order valence-electron chi connectivity index (χ4n) is 3.69. The van der Waals surface area contributed by atoms with Crippen LogP contribution in [0.3, 0.4) is 0 Å². The Morgan fingerprint density at radius 3 is 1.94 bits per heavy atom. The van der Waals surface area contributed by atoms with Crippen molar-refractivity contribution in [3.8, 4) is 0 Å². The van der Waals surface area contributed by atoms with Crippen molar-refractivity contribution in [2.24, 2.45) is 4.99 Å². The van der Waals surface area contributed by atoms with E-state index in [4.69, 9.17) is 4.99 Å². The zero-order chi connectivity index (χ0) is 22.9. The Kier molecular flexibility index (Phi) is 8.20. The molecule has 32 heavy (non-hydrogen) atoms. The highest BCUT2D eigenvalue weighted by Crippen LogP contribution is 2.32. The fourth-order valence-corrected chi connectivity index (χ4v) is 3.69. The lowest BCUT2D eigenvalue weighted by Crippen LogP contribution is -2.33. The van der Waals surface area contributed by atoms with Gasteiger partial charge < -0.3 is 10.6 Å². The quantitative estimate of drug-likeness (QED) is 0.377. The van der Waals surface area contributed by atoms with Crippen molar-refractivity contribution < 1.29 is 4.79 Å². The van der Waals surface area contributed by atoms with Crippen molar-refractivity contribution >= 4 is 17.9 Å². The summed E-state index contributed by atoms with van der Waals surface area (Å²) in [6.45, 7) is 8.98. The molecular formula is C28H33N3O. The second-order valence-corrected chi connectivity index (χ2v) is 8.57. The van der Waals surface area contributed by atoms with Gasteiger partial charge in [0.2, 0.25) is 0 Å². The highest BCUT2D eigenvalue weighted by molar-refractivity contribution is 5.91. The van der Waals surface area contributed by atoms with E-state index < -0.39 is 0 Å². The summed E-state index contributed by atoms with van der Waals surface area (Å²) in [7, 11) is 0. The lowest BCUT2D eigenvalue weighted by Gasteiger charge is -2.21. The predicted molar refractivity (Wildman–Crippen MR) is 135 cm³/mol. The summed E-state index contributed by atoms with van der Waals surface area (Å²) in [6.07, 6.45) is 1.86. The molecule has 0 unspecified atom stereocenters. The zero-order valence-corrected chi connectivity index (χ0v) is 19.4. The molecule has 166 valence electrons. The molecule has 0 saturated heterocycles. The predicted octanol–water partition coefficient (Wildman–Crippen LogP) is 6.92. The number of nitrogens with one attached hydrogen (secondary N) is 2. The van der Waals surface area contributed by atoms with Crippen molar-refractivity contribution in [1.82, 2.24) is 5.32 Å². The van der Waals surface area contributed by atoms with Crippen LogP contribution >= 0.6 is 0 Å². The molecule has 0 radical (unpaired) electrons. The molecule has 0 aromatic heterocycles. The molecule has 0 bridgehead atoms. The van der Waals surface area contributed by atoms with Gasteiger partial charge in [0.1, 0.15) is 0 Å². The van der Waals surface area contributed by atoms with Crippen LogP contribution in [-0.2, 0) is 0 Å². The van der Waals surface area contributed by atoms with Crippen LogP contribution in [0.4, 0.5) is 10.5 Å². The second-order valence-electron chi connectivity index (χ2n) is 8.57. The first-order valence-corrected chi connectivity index (χ1v) is 11.3. The Morgan fingerprint density at radius 1 is 0.812 bits per heavy atom. The van der Waals surface area contributed by atoms with Gasteiger partial charge in [0.15, 0.2) is 0 Å². The van der Waals surface area contributed by atoms with Crippen LogP contribution in [0.5, 0.6) is 0 Å². The molecule has 0 aliphatic carbocycles. The van der Waals surface area contributed by atoms with Crippen LogP contribution in [0, 0.1) is 0 Å². The van der Waals surface area contributed by atoms with Gasteiger partial charge in [-0.3, -0.25) is 4.99 Å². The maximum Gasteiger partial charge on any atom is 0.319 e. The van der Waals surface area contributed by atoms with Crippen molar-refractivity contribution in [2.45, 2.75) is 45.6 Å². The summed E-state index contributed by atoms with van der Waals surface area (Å²) in [5, 5.41) is 6.16. The monoisotopic (exact) mass is 427 g/mol. The number of carbonyl (C=O) groups is 1. The highest BCUT2D eigenvalue weighted by Gasteiger charge is 2.17. The van der Waals surface area contributed by atoms with E-state index in [0.717, 1.165) is 27.9 Å². The lowest BCUT2D eigenvalue weighted by molar-refractivity contribution is 0.251. The van der Waals surface area contributed by atoms with Gasteiger partial charge in [-0.1, -0.05) is 107 Å². The number of rotatable bonds is 8. The third kappa shape index (κ3) is 6.30. The number of carbonyl (C=O) groups excluding carboxylic acids is 1. The van der Waals surface area contributed by atoms with Crippen LogP contribution in [0.15, 0.2) is 83.9 Å². The molecule has 0 heterocycles. The minimum absolute atomic E-state index is 0.174. The van der Waals surface area contributed by atoms with Crippen molar-refractivity contribution in [3.63, 3.8) is 0 Å². The summed E-state index contributed by atoms with van der Waals surface area (Å²) in [6, 6.07) is 25.9. The van der Waals surface area contributed by atoms with Crippen LogP contribution in [0.2, 0.25) is 0 Å². The van der Waals surface area contributed by atoms with Gasteiger partial charge in [0, 0.05) is 18.4 Å². The van der Waals surface area contributed by atoms with Gasteiger partial charge in [0.05, 0.1) is 6.04 Å². The Morgan fingerprint density at radius 2 is 1.38 bits per heavy atom. The number of hydrogen-bond acceptors (Lipinski definition) is 2. The number of aliphatic imine (C=N–C) groups is 1. The number of anilines is 1. The average Bonchev–Trinajstić information content (AvgIpc) is 2.80. The summed E-state index contributed by atoms with van der Waals surface area (Å²) in [5.74, 6) is 0.632. The Hall–Kier alpha value is -3.40. The maximum absolute atomic E-state index is 12.9. The van der Waals surface area contributed by atoms with Gasteiger partial charge in [-0.2, -0.15) is 0 Å². The number of nitrogens with zero attached hydrogens (tertiary/aromatic N) is 1. The van der Waals surface area contributed by atoms with Crippen LogP contribution in [0.25, 0.3) is 0 Å². The number of hydrogen-bond donors (Lipinski definition) is 2. The Balaban J connectivity index is 1.75. The topological polar surface area (TPSA) is 53.5 Å². The maximum atomic E-state index is 12.9. The number of amides is 2. The molecule has 4 heteroatoms. The van der Waals surface area contributed by atoms with Crippen LogP contribution < -0.4 is 10.6 Å². The molecule has 0 spiro atoms. The lowest BCUT2D eigenvalue weighted by atomic mass is 9.93. The van der Waals surface area contributed by atoms with Crippen LogP contribution in [-0.4, -0.2) is 18.8 Å². The Bertz CT molecular complexity index is 1000. The third-order valence-corrected chi connectivity index (χ3v) is 5.45. The van der Waals surface area contributed by atoms with E-state index in [0.29, 0.717) is 18.4 Å². The molecule has 2 N–H and O–H groups in total. The van der Waals surface area contributed by atoms with E-state index in [1.807, 2.05) is 66.9 Å². The van der Waals surface area contributed by atoms with E-state index in [-0.39, 0.29) is 12.1 Å². The van der Waals surface area contributed by atoms with E-state index in [1.165, 1.54) is 0 Å². The second kappa shape index (κ2) is 11.3. The molecular weight excluding hydrogens is 394 g/mol. The van der Waals surface area contributed by atoms with E-state index in [2.05, 4.69) is 56.5 Å². The van der Waals surface area contributed by atoms with Crippen molar-refractivity contribution in [1.29, 1.82) is 0 Å². The smallest absolute Gasteiger partial charge is 0.319 e. The van der Waals surface area contributed by atoms with Gasteiger partial charge in [-0.05, 0) is 34.1 Å². The fraction of sp³-hybridized carbons (Fsp3) is 0.286. The molecule has 3 rings (SSSR count). The number of urea groups is 1. The summed E-state index contributed by atoms with van der Waals surface area (Å²) in [4.78, 5) is 17.7. The first-order chi connectivity index (χ1) is 15.5. The largest absolute Gasteiger partial charge is 0.335 e. The van der Waals surface area contributed by atoms with Gasteiger partial charge in [-0.25, -0.2) is 4.79 Å². The van der Waals surface area contributed by atoms with E-state index >= 15 is 0 Å². The minimum atomic E-state index is -0.212. The zero-order valence-electron chi connectivity index (χ0n) is 19.4. The molecule has 3 aromatic rings. The van der Waals surface area contributed by atoms with Gasteiger partial charge in [0.25, 0.3) is 0 Å². The van der Waals surface area contributed by atoms with Gasteiger partial charge >= 0.3 is 6.03 Å². The first kappa shape index (κ1) is 23.3.